The molecule has 9 rings (SSSR count). The van der Waals surface area contributed by atoms with Crippen molar-refractivity contribution in [1.29, 1.82) is 0 Å². The topological polar surface area (TPSA) is 195 Å². The number of fused-ring (bicyclic) bond motifs is 2. The van der Waals surface area contributed by atoms with Crippen LogP contribution in [0.1, 0.15) is 101 Å². The van der Waals surface area contributed by atoms with E-state index in [1.54, 1.807) is 21.7 Å². The molecule has 18 heteroatoms. The fourth-order valence-electron chi connectivity index (χ4n) is 9.78. The number of benzene rings is 2. The van der Waals surface area contributed by atoms with E-state index in [4.69, 9.17) is 16.3 Å². The number of piperidine rings is 2. The minimum Gasteiger partial charge on any atom is -0.478 e. The van der Waals surface area contributed by atoms with Crippen LogP contribution in [0.5, 0.6) is 5.75 Å². The van der Waals surface area contributed by atoms with Crippen molar-refractivity contribution in [3.8, 4) is 5.75 Å². The highest BCUT2D eigenvalue weighted by Crippen LogP contribution is 2.37. The Labute approximate surface area is 389 Å². The first-order chi connectivity index (χ1) is 31.7. The summed E-state index contributed by atoms with van der Waals surface area (Å²) in [7, 11) is 3.76. The molecule has 0 spiro atoms. The molecular formula is C48H61ClN10O7. The van der Waals surface area contributed by atoms with E-state index >= 15 is 0 Å². The highest BCUT2D eigenvalue weighted by Gasteiger charge is 2.40. The molecule has 0 radical (unpaired) electrons. The summed E-state index contributed by atoms with van der Waals surface area (Å²) in [5.41, 5.74) is 4.00. The lowest BCUT2D eigenvalue weighted by Gasteiger charge is -2.39. The molecule has 1 aliphatic carbocycles. The minimum absolute atomic E-state index is 0.0987. The average Bonchev–Trinajstić information content (AvgIpc) is 3.80. The van der Waals surface area contributed by atoms with Crippen molar-refractivity contribution in [3.63, 3.8) is 0 Å². The number of hydrogen-bond donors (Lipinski definition) is 4. The van der Waals surface area contributed by atoms with E-state index in [2.05, 4.69) is 61.8 Å². The number of nitrogens with zero attached hydrogens (tertiary/aromatic N) is 7. The fourth-order valence-corrected chi connectivity index (χ4v) is 9.92. The lowest BCUT2D eigenvalue weighted by atomic mass is 9.91. The monoisotopic (exact) mass is 924 g/mol. The number of hydrogen-bond acceptors (Lipinski definition) is 13. The molecule has 4 aliphatic heterocycles. The van der Waals surface area contributed by atoms with Crippen LogP contribution in [0.25, 0.3) is 10.9 Å². The molecule has 352 valence electrons. The lowest BCUT2D eigenvalue weighted by molar-refractivity contribution is -0.137. The second-order valence-electron chi connectivity index (χ2n) is 18.5. The number of aliphatic hydroxyl groups excluding tert-OH is 1. The Balaban J connectivity index is 0.000000181. The number of aromatic nitrogens is 3. The Hall–Kier alpha value is -5.78. The number of imide groups is 1. The highest BCUT2D eigenvalue weighted by atomic mass is 35.5. The molecule has 4 fully saturated rings. The van der Waals surface area contributed by atoms with E-state index in [0.29, 0.717) is 79.0 Å². The van der Waals surface area contributed by atoms with E-state index in [9.17, 15) is 29.1 Å². The molecular weight excluding hydrogens is 864 g/mol. The van der Waals surface area contributed by atoms with Crippen LogP contribution in [-0.4, -0.2) is 124 Å². The molecule has 3 atom stereocenters. The van der Waals surface area contributed by atoms with Crippen LogP contribution in [0.15, 0.2) is 53.5 Å². The van der Waals surface area contributed by atoms with E-state index in [-0.39, 0.29) is 60.1 Å². The van der Waals surface area contributed by atoms with Crippen molar-refractivity contribution in [2.75, 3.05) is 55.5 Å². The molecule has 3 saturated heterocycles. The summed E-state index contributed by atoms with van der Waals surface area (Å²) in [6.45, 7) is 8.72. The highest BCUT2D eigenvalue weighted by molar-refractivity contribution is 6.33. The Morgan fingerprint density at radius 3 is 2.48 bits per heavy atom. The molecule has 3 unspecified atom stereocenters. The first-order valence-corrected chi connectivity index (χ1v) is 23.6. The van der Waals surface area contributed by atoms with Gasteiger partial charge in [0.25, 0.3) is 17.4 Å². The number of aliphatic hydroxyl groups is 1. The molecule has 2 aromatic carbocycles. The number of nitrogens with one attached hydrogen (secondary N) is 3. The van der Waals surface area contributed by atoms with Crippen molar-refractivity contribution in [3.05, 3.63) is 75.2 Å². The summed E-state index contributed by atoms with van der Waals surface area (Å²) in [6.07, 6.45) is 9.63. The van der Waals surface area contributed by atoms with E-state index in [0.717, 1.165) is 29.1 Å². The number of ether oxygens (including phenoxy) is 1. The number of rotatable bonds is 12. The third-order valence-corrected chi connectivity index (χ3v) is 14.0. The normalized spacial score (nSPS) is 21.2. The number of carbonyl (C=O) groups is 4. The van der Waals surface area contributed by atoms with Gasteiger partial charge in [-0.3, -0.25) is 29.3 Å². The predicted octanol–water partition coefficient (Wildman–Crippen LogP) is 5.14. The first kappa shape index (κ1) is 46.7. The number of carbonyl (C=O) groups excluding carboxylic acids is 4. The standard InChI is InChI=1S/C24H29ClN6O4.C24H32N4O3/c1-14(2)31-19-5-4-16(10-15(19)11-20(23(31)34)35-13-21(33)26-3)28-22-18(25)12-27-24(29-22)30-8-6-17(32)7-9-30;1-15-6-7-19(14-26(2)17-4-3-5-17)28(15)18-8-9-20-16(12-18)13-27(24(20)31)21-10-11-22(29)25-23(21)30/h4-5,10-12,14,17,32H,6-9,13H2,1-3H3,(H,26,33)(H,27,28,29);8-9,12,15,17,19,21H,3-7,10-11,13-14H2,1-2H3,(H,25,29,30). The molecule has 4 aromatic rings. The van der Waals surface area contributed by atoms with Crippen molar-refractivity contribution in [2.45, 2.75) is 121 Å². The SMILES string of the molecule is CC1CCC(CN(C)C2CCC2)N1c1ccc2c(c1)CN(C1CCC(=O)NC1=O)C2=O.CNC(=O)COc1cc2cc(Nc3nc(N4CCC(O)CC4)ncc3Cl)ccc2n(C(C)C)c1=O. The molecule has 0 bridgehead atoms. The maximum atomic E-state index is 13.0. The van der Waals surface area contributed by atoms with Crippen LogP contribution in [0.4, 0.5) is 23.1 Å². The van der Waals surface area contributed by atoms with Gasteiger partial charge >= 0.3 is 0 Å². The Morgan fingerprint density at radius 2 is 1.79 bits per heavy atom. The van der Waals surface area contributed by atoms with Gasteiger partial charge in [0.2, 0.25) is 17.8 Å². The quantitative estimate of drug-likeness (QED) is 0.137. The van der Waals surface area contributed by atoms with Gasteiger partial charge in [-0.1, -0.05) is 18.0 Å². The van der Waals surface area contributed by atoms with E-state index in [1.807, 2.05) is 43.0 Å². The maximum absolute atomic E-state index is 13.0. The number of halogens is 1. The lowest BCUT2D eigenvalue weighted by Crippen LogP contribution is -2.52. The van der Waals surface area contributed by atoms with Gasteiger partial charge in [0.05, 0.1) is 17.8 Å². The molecule has 4 amide bonds. The second kappa shape index (κ2) is 20.0. The van der Waals surface area contributed by atoms with Crippen LogP contribution < -0.4 is 36.0 Å². The summed E-state index contributed by atoms with van der Waals surface area (Å²) >= 11 is 6.37. The average molecular weight is 926 g/mol. The number of likely N-dealkylation sites (N-methyl/N-ethyl adjacent to an activating group) is 2. The zero-order chi connectivity index (χ0) is 46.8. The summed E-state index contributed by atoms with van der Waals surface area (Å²) in [5, 5.41) is 19.0. The third kappa shape index (κ3) is 9.98. The summed E-state index contributed by atoms with van der Waals surface area (Å²) in [5.74, 6) is 0.0545. The van der Waals surface area contributed by atoms with Crippen molar-refractivity contribution in [1.82, 2.24) is 35.0 Å². The van der Waals surface area contributed by atoms with Crippen LogP contribution in [0, 0.1) is 0 Å². The number of pyridine rings is 1. The van der Waals surface area contributed by atoms with Gasteiger partial charge in [-0.05, 0) is 121 Å². The van der Waals surface area contributed by atoms with E-state index in [1.165, 1.54) is 44.8 Å². The molecule has 66 heavy (non-hydrogen) atoms. The Morgan fingerprint density at radius 1 is 1.02 bits per heavy atom. The second-order valence-corrected chi connectivity index (χ2v) is 18.9. The van der Waals surface area contributed by atoms with Crippen LogP contribution >= 0.6 is 11.6 Å². The van der Waals surface area contributed by atoms with Gasteiger partial charge in [-0.2, -0.15) is 4.98 Å². The van der Waals surface area contributed by atoms with Crippen LogP contribution in [0.2, 0.25) is 5.02 Å². The van der Waals surface area contributed by atoms with Crippen molar-refractivity contribution in [2.24, 2.45) is 0 Å². The van der Waals surface area contributed by atoms with Crippen LogP contribution in [-0.2, 0) is 20.9 Å². The van der Waals surface area contributed by atoms with Crippen LogP contribution in [0.3, 0.4) is 0 Å². The molecule has 5 aliphatic rings. The number of amides is 4. The van der Waals surface area contributed by atoms with Gasteiger partial charge in [0.15, 0.2) is 18.2 Å². The van der Waals surface area contributed by atoms with Crippen molar-refractivity contribution < 1.29 is 29.0 Å². The summed E-state index contributed by atoms with van der Waals surface area (Å²) < 4.78 is 7.16. The molecule has 4 N–H and O–H groups in total. The molecule has 17 nitrogen and oxygen atoms in total. The largest absolute Gasteiger partial charge is 0.478 e. The van der Waals surface area contributed by atoms with E-state index < -0.39 is 6.04 Å². The van der Waals surface area contributed by atoms with Gasteiger partial charge in [-0.25, -0.2) is 4.98 Å². The zero-order valence-corrected chi connectivity index (χ0v) is 39.1. The zero-order valence-electron chi connectivity index (χ0n) is 38.4. The summed E-state index contributed by atoms with van der Waals surface area (Å²) in [6, 6.07) is 14.4. The fraction of sp³-hybridized carbons (Fsp3) is 0.521. The first-order valence-electron chi connectivity index (χ1n) is 23.2. The molecule has 6 heterocycles. The Kier molecular flexibility index (Phi) is 14.2. The van der Waals surface area contributed by atoms with Crippen molar-refractivity contribution >= 4 is 69.3 Å². The molecule has 2 aromatic heterocycles. The smallest absolute Gasteiger partial charge is 0.293 e. The Bertz CT molecular complexity index is 2540. The number of anilines is 4. The third-order valence-electron chi connectivity index (χ3n) is 13.7. The summed E-state index contributed by atoms with van der Waals surface area (Å²) in [4.78, 5) is 79.0. The van der Waals surface area contributed by atoms with Gasteiger partial charge in [-0.15, -0.1) is 0 Å². The molecule has 1 saturated carbocycles. The van der Waals surface area contributed by atoms with Gasteiger partial charge in [0, 0.05) is 86.1 Å². The minimum atomic E-state index is -0.560. The maximum Gasteiger partial charge on any atom is 0.293 e. The predicted molar refractivity (Wildman–Crippen MR) is 254 cm³/mol. The van der Waals surface area contributed by atoms with Gasteiger partial charge < -0.3 is 44.6 Å². The van der Waals surface area contributed by atoms with Gasteiger partial charge in [0.1, 0.15) is 11.1 Å².